The molecule has 0 aliphatic heterocycles. The molecule has 132 valence electrons. The first-order valence-corrected chi connectivity index (χ1v) is 8.06. The van der Waals surface area contributed by atoms with Crippen molar-refractivity contribution in [3.05, 3.63) is 28.2 Å². The zero-order valence-corrected chi connectivity index (χ0v) is 15.3. The van der Waals surface area contributed by atoms with Crippen molar-refractivity contribution in [2.24, 2.45) is 5.92 Å². The number of esters is 2. The van der Waals surface area contributed by atoms with Crippen LogP contribution in [-0.2, 0) is 19.1 Å². The van der Waals surface area contributed by atoms with Gasteiger partial charge in [0, 0.05) is 4.47 Å². The van der Waals surface area contributed by atoms with Gasteiger partial charge in [0.05, 0.1) is 7.11 Å². The minimum absolute atomic E-state index is 0.0659. The van der Waals surface area contributed by atoms with E-state index in [0.29, 0.717) is 10.9 Å². The van der Waals surface area contributed by atoms with Crippen LogP contribution in [0.2, 0.25) is 0 Å². The smallest absolute Gasteiger partial charge is 0.342 e. The van der Waals surface area contributed by atoms with Crippen molar-refractivity contribution >= 4 is 33.8 Å². The molecule has 0 saturated heterocycles. The fourth-order valence-corrected chi connectivity index (χ4v) is 2.31. The molecule has 1 aromatic carbocycles. The maximum Gasteiger partial charge on any atom is 0.342 e. The summed E-state index contributed by atoms with van der Waals surface area (Å²) >= 11 is 3.17. The molecule has 0 fully saturated rings. The lowest BCUT2D eigenvalue weighted by atomic mass is 10.0. The number of phenols is 1. The topological polar surface area (TPSA) is 102 Å². The lowest BCUT2D eigenvalue weighted by molar-refractivity contribution is -0.145. The third-order valence-corrected chi connectivity index (χ3v) is 3.53. The highest BCUT2D eigenvalue weighted by Gasteiger charge is 2.23. The number of ether oxygens (including phenoxy) is 2. The third kappa shape index (κ3) is 6.19. The van der Waals surface area contributed by atoms with Crippen LogP contribution >= 0.6 is 15.9 Å². The first-order valence-electron chi connectivity index (χ1n) is 7.27. The number of halogens is 1. The highest BCUT2D eigenvalue weighted by Crippen LogP contribution is 2.22. The van der Waals surface area contributed by atoms with Crippen molar-refractivity contribution in [3.63, 3.8) is 0 Å². The summed E-state index contributed by atoms with van der Waals surface area (Å²) < 4.78 is 10.1. The van der Waals surface area contributed by atoms with Gasteiger partial charge in [-0.05, 0) is 30.5 Å². The number of hydrogen-bond acceptors (Lipinski definition) is 6. The Balaban J connectivity index is 2.62. The Bertz CT molecular complexity index is 617. The van der Waals surface area contributed by atoms with Crippen molar-refractivity contribution in [2.75, 3.05) is 13.7 Å². The van der Waals surface area contributed by atoms with Crippen LogP contribution < -0.4 is 5.32 Å². The fourth-order valence-electron chi connectivity index (χ4n) is 1.94. The Kier molecular flexibility index (Phi) is 7.70. The minimum Gasteiger partial charge on any atom is -0.507 e. The van der Waals surface area contributed by atoms with Crippen LogP contribution in [0, 0.1) is 5.92 Å². The summed E-state index contributed by atoms with van der Waals surface area (Å²) in [5.74, 6) is -2.13. The molecule has 2 N–H and O–H groups in total. The number of carbonyl (C=O) groups excluding carboxylic acids is 3. The molecule has 1 amide bonds. The lowest BCUT2D eigenvalue weighted by Gasteiger charge is -2.18. The summed E-state index contributed by atoms with van der Waals surface area (Å²) in [6.45, 7) is 3.23. The summed E-state index contributed by atoms with van der Waals surface area (Å²) in [5.41, 5.74) is -0.0659. The van der Waals surface area contributed by atoms with Gasteiger partial charge in [-0.3, -0.25) is 4.79 Å². The van der Waals surface area contributed by atoms with Gasteiger partial charge in [-0.1, -0.05) is 29.8 Å². The standard InChI is InChI=1S/C16H20BrNO6/c1-9(2)6-12(16(22)23-3)18-14(20)8-24-15(21)11-7-10(17)4-5-13(11)19/h4-5,7,9,12,19H,6,8H2,1-3H3,(H,18,20)/t12-/m0/s1. The second-order valence-corrected chi connectivity index (χ2v) is 6.43. The molecule has 0 unspecified atom stereocenters. The van der Waals surface area contributed by atoms with Gasteiger partial charge in [0.15, 0.2) is 6.61 Å². The SMILES string of the molecule is COC(=O)[C@H](CC(C)C)NC(=O)COC(=O)c1cc(Br)ccc1O. The minimum atomic E-state index is -0.845. The van der Waals surface area contributed by atoms with Crippen molar-refractivity contribution in [3.8, 4) is 5.75 Å². The van der Waals surface area contributed by atoms with Gasteiger partial charge in [-0.2, -0.15) is 0 Å². The van der Waals surface area contributed by atoms with Crippen LogP contribution in [0.3, 0.4) is 0 Å². The first kappa shape index (κ1) is 20.0. The van der Waals surface area contributed by atoms with Crippen molar-refractivity contribution in [2.45, 2.75) is 26.3 Å². The van der Waals surface area contributed by atoms with E-state index in [1.54, 1.807) is 6.07 Å². The first-order chi connectivity index (χ1) is 11.2. The molecule has 1 rings (SSSR count). The number of hydrogen-bond donors (Lipinski definition) is 2. The summed E-state index contributed by atoms with van der Waals surface area (Å²) in [4.78, 5) is 35.4. The largest absolute Gasteiger partial charge is 0.507 e. The fraction of sp³-hybridized carbons (Fsp3) is 0.438. The van der Waals surface area contributed by atoms with Crippen molar-refractivity contribution < 1.29 is 29.0 Å². The molecule has 0 aromatic heterocycles. The third-order valence-electron chi connectivity index (χ3n) is 3.04. The number of carbonyl (C=O) groups is 3. The highest BCUT2D eigenvalue weighted by atomic mass is 79.9. The number of nitrogens with one attached hydrogen (secondary N) is 1. The van der Waals surface area contributed by atoms with Gasteiger partial charge in [0.1, 0.15) is 17.4 Å². The Morgan fingerprint density at radius 3 is 2.54 bits per heavy atom. The van der Waals surface area contributed by atoms with Crippen LogP contribution in [-0.4, -0.2) is 42.7 Å². The van der Waals surface area contributed by atoms with Crippen LogP contribution in [0.1, 0.15) is 30.6 Å². The second kappa shape index (κ2) is 9.27. The van der Waals surface area contributed by atoms with Crippen molar-refractivity contribution in [1.82, 2.24) is 5.32 Å². The number of rotatable bonds is 7. The molecule has 8 heteroatoms. The van der Waals surface area contributed by atoms with Gasteiger partial charge in [-0.25, -0.2) is 9.59 Å². The van der Waals surface area contributed by atoms with E-state index < -0.39 is 30.5 Å². The van der Waals surface area contributed by atoms with Crippen LogP contribution in [0.5, 0.6) is 5.75 Å². The normalized spacial score (nSPS) is 11.7. The van der Waals surface area contributed by atoms with Crippen LogP contribution in [0.25, 0.3) is 0 Å². The van der Waals surface area contributed by atoms with E-state index in [1.165, 1.54) is 19.2 Å². The molecular weight excluding hydrogens is 382 g/mol. The molecule has 0 saturated carbocycles. The van der Waals surface area contributed by atoms with E-state index in [4.69, 9.17) is 4.74 Å². The van der Waals surface area contributed by atoms with Crippen molar-refractivity contribution in [1.29, 1.82) is 0 Å². The molecule has 0 spiro atoms. The molecule has 1 atom stereocenters. The average molecular weight is 402 g/mol. The summed E-state index contributed by atoms with van der Waals surface area (Å²) in [7, 11) is 1.23. The molecule has 0 radical (unpaired) electrons. The summed E-state index contributed by atoms with van der Waals surface area (Å²) in [6, 6.07) is 3.47. The quantitative estimate of drug-likeness (QED) is 0.677. The number of methoxy groups -OCH3 is 1. The maximum atomic E-state index is 11.9. The Hall–Kier alpha value is -2.09. The van der Waals surface area contributed by atoms with E-state index in [0.717, 1.165) is 0 Å². The molecule has 0 aliphatic rings. The van der Waals surface area contributed by atoms with Crippen LogP contribution in [0.4, 0.5) is 0 Å². The molecule has 0 aliphatic carbocycles. The molecule has 1 aromatic rings. The number of aromatic hydroxyl groups is 1. The van der Waals surface area contributed by atoms with Gasteiger partial charge < -0.3 is 19.9 Å². The Morgan fingerprint density at radius 1 is 1.29 bits per heavy atom. The van der Waals surface area contributed by atoms with E-state index in [-0.39, 0.29) is 17.2 Å². The number of benzene rings is 1. The second-order valence-electron chi connectivity index (χ2n) is 5.51. The highest BCUT2D eigenvalue weighted by molar-refractivity contribution is 9.10. The zero-order valence-electron chi connectivity index (χ0n) is 13.7. The van der Waals surface area contributed by atoms with E-state index in [1.807, 2.05) is 13.8 Å². The Morgan fingerprint density at radius 2 is 1.96 bits per heavy atom. The maximum absolute atomic E-state index is 11.9. The van der Waals surface area contributed by atoms with Gasteiger partial charge in [-0.15, -0.1) is 0 Å². The van der Waals surface area contributed by atoms with Gasteiger partial charge >= 0.3 is 11.9 Å². The molecule has 0 bridgehead atoms. The van der Waals surface area contributed by atoms with E-state index in [9.17, 15) is 19.5 Å². The number of amides is 1. The van der Waals surface area contributed by atoms with Gasteiger partial charge in [0.2, 0.25) is 0 Å². The molecule has 24 heavy (non-hydrogen) atoms. The predicted molar refractivity (Wildman–Crippen MR) is 89.5 cm³/mol. The summed E-state index contributed by atoms with van der Waals surface area (Å²) in [5, 5.41) is 12.1. The molecular formula is C16H20BrNO6. The van der Waals surface area contributed by atoms with Crippen LogP contribution in [0.15, 0.2) is 22.7 Å². The zero-order chi connectivity index (χ0) is 18.3. The molecule has 0 heterocycles. The molecule has 7 nitrogen and oxygen atoms in total. The summed E-state index contributed by atoms with van der Waals surface area (Å²) in [6.07, 6.45) is 0.402. The monoisotopic (exact) mass is 401 g/mol. The number of phenolic OH excluding ortho intramolecular Hbond substituents is 1. The average Bonchev–Trinajstić information content (AvgIpc) is 2.53. The van der Waals surface area contributed by atoms with E-state index >= 15 is 0 Å². The predicted octanol–water partition coefficient (Wildman–Crippen LogP) is 2.02. The lowest BCUT2D eigenvalue weighted by Crippen LogP contribution is -2.44. The Labute approximate surface area is 148 Å². The van der Waals surface area contributed by atoms with E-state index in [2.05, 4.69) is 26.0 Å². The van der Waals surface area contributed by atoms with Gasteiger partial charge in [0.25, 0.3) is 5.91 Å².